The van der Waals surface area contributed by atoms with Crippen molar-refractivity contribution in [1.29, 1.82) is 0 Å². The van der Waals surface area contributed by atoms with Gasteiger partial charge >= 0.3 is 5.97 Å². The first-order valence-electron chi connectivity index (χ1n) is 19.8. The van der Waals surface area contributed by atoms with E-state index in [0.717, 1.165) is 45.2 Å². The first kappa shape index (κ1) is 32.2. The molecule has 0 amide bonds. The molecule has 2 N–H and O–H groups in total. The van der Waals surface area contributed by atoms with Gasteiger partial charge in [-0.1, -0.05) is 48.0 Å². The number of benzene rings is 2. The van der Waals surface area contributed by atoms with E-state index in [0.29, 0.717) is 24.5 Å². The standard InChI is InChI=1S/C43H52N4O5/c1-6-23-21-47-35-19-30(23)43(40(49)51-5)36(47)20-42(39(43)48)29-12-8-10-14-32(29)46(38(35)42)16-15-28-25-17-34-37-26(24-11-7-9-13-31(24)45(37)4)18-33(44(34)3)27(25)22-52-41(28,2)50/h6-14,25,27-28,30,33-36,38-39,48,50H,15-22H2,1-5H3/b23-6+/t25-,27-,28?,30+,33+,34?,35?,36+,38-,39+,41?,42?,43-/m1/s1. The number of allylic oxidation sites excluding steroid dienone is 1. The lowest BCUT2D eigenvalue weighted by Crippen LogP contribution is -2.72. The minimum atomic E-state index is -1.23. The molecule has 12 rings (SSSR count). The molecule has 1 saturated carbocycles. The van der Waals surface area contributed by atoms with Gasteiger partial charge in [0.25, 0.3) is 0 Å². The molecule has 1 spiro atoms. The number of rotatable bonds is 4. The van der Waals surface area contributed by atoms with Gasteiger partial charge in [0.2, 0.25) is 0 Å². The van der Waals surface area contributed by atoms with E-state index in [1.165, 1.54) is 46.1 Å². The summed E-state index contributed by atoms with van der Waals surface area (Å²) in [6.45, 7) is 6.16. The summed E-state index contributed by atoms with van der Waals surface area (Å²) in [6.07, 6.45) is 5.71. The van der Waals surface area contributed by atoms with Gasteiger partial charge in [-0.3, -0.25) is 14.6 Å². The maximum absolute atomic E-state index is 14.1. The molecule has 9 aliphatic rings. The van der Waals surface area contributed by atoms with Crippen molar-refractivity contribution in [2.75, 3.05) is 38.8 Å². The van der Waals surface area contributed by atoms with Gasteiger partial charge in [-0.25, -0.2) is 0 Å². The van der Waals surface area contributed by atoms with Crippen molar-refractivity contribution in [3.63, 3.8) is 0 Å². The number of aliphatic hydroxyl groups is 2. The third-order valence-electron chi connectivity index (χ3n) is 16.6. The van der Waals surface area contributed by atoms with E-state index in [1.807, 2.05) is 6.92 Å². The van der Waals surface area contributed by atoms with Gasteiger partial charge in [-0.15, -0.1) is 0 Å². The van der Waals surface area contributed by atoms with Crippen LogP contribution in [0.25, 0.3) is 10.9 Å². The van der Waals surface area contributed by atoms with Gasteiger partial charge < -0.3 is 29.2 Å². The number of fused-ring (bicyclic) bond motifs is 10. The van der Waals surface area contributed by atoms with Crippen molar-refractivity contribution in [3.05, 3.63) is 77.0 Å². The van der Waals surface area contributed by atoms with Gasteiger partial charge in [-0.2, -0.15) is 0 Å². The summed E-state index contributed by atoms with van der Waals surface area (Å²) in [5, 5.41) is 26.4. The molecule has 52 heavy (non-hydrogen) atoms. The predicted molar refractivity (Wildman–Crippen MR) is 198 cm³/mol. The number of aliphatic hydroxyl groups excluding tert-OH is 1. The van der Waals surface area contributed by atoms with E-state index in [4.69, 9.17) is 9.47 Å². The van der Waals surface area contributed by atoms with E-state index in [9.17, 15) is 15.0 Å². The fourth-order valence-electron chi connectivity index (χ4n) is 14.6. The van der Waals surface area contributed by atoms with Crippen molar-refractivity contribution in [2.24, 2.45) is 36.1 Å². The summed E-state index contributed by atoms with van der Waals surface area (Å²) in [5.74, 6) is -0.903. The molecule has 9 heterocycles. The van der Waals surface area contributed by atoms with Gasteiger partial charge in [0, 0.05) is 83.7 Å². The van der Waals surface area contributed by atoms with Crippen LogP contribution in [-0.2, 0) is 33.2 Å². The Bertz CT molecular complexity index is 2060. The highest BCUT2D eigenvalue weighted by Crippen LogP contribution is 2.73. The quantitative estimate of drug-likeness (QED) is 0.303. The number of hydrogen-bond donors (Lipinski definition) is 2. The number of likely N-dealkylation sites (N-methyl/N-ethyl adjacent to an activating group) is 1. The molecule has 14 atom stereocenters. The Labute approximate surface area is 306 Å². The number of anilines is 1. The number of hydrogen-bond acceptors (Lipinski definition) is 8. The first-order chi connectivity index (χ1) is 25.1. The Kier molecular flexibility index (Phi) is 6.51. The second-order valence-electron chi connectivity index (χ2n) is 17.9. The van der Waals surface area contributed by atoms with Crippen molar-refractivity contribution in [1.82, 2.24) is 14.4 Å². The third-order valence-corrected chi connectivity index (χ3v) is 16.6. The number of aryl methyl sites for hydroxylation is 1. The van der Waals surface area contributed by atoms with Crippen LogP contribution in [0, 0.1) is 29.1 Å². The number of piperidine rings is 5. The van der Waals surface area contributed by atoms with E-state index < -0.39 is 22.7 Å². The Morgan fingerprint density at radius 1 is 1.08 bits per heavy atom. The van der Waals surface area contributed by atoms with E-state index in [2.05, 4.69) is 94.9 Å². The summed E-state index contributed by atoms with van der Waals surface area (Å²) in [4.78, 5) is 21.8. The summed E-state index contributed by atoms with van der Waals surface area (Å²) >= 11 is 0. The number of para-hydroxylation sites is 2. The maximum atomic E-state index is 14.1. The molecule has 9 heteroatoms. The van der Waals surface area contributed by atoms with Gasteiger partial charge in [0.05, 0.1) is 31.9 Å². The molecule has 274 valence electrons. The van der Waals surface area contributed by atoms with Crippen LogP contribution in [-0.4, -0.2) is 100 Å². The van der Waals surface area contributed by atoms with E-state index >= 15 is 0 Å². The Morgan fingerprint density at radius 2 is 1.87 bits per heavy atom. The summed E-state index contributed by atoms with van der Waals surface area (Å²) < 4.78 is 14.5. The molecule has 7 fully saturated rings. The molecule has 1 aliphatic carbocycles. The number of carbonyl (C=O) groups excluding carboxylic acids is 1. The Balaban J connectivity index is 0.970. The van der Waals surface area contributed by atoms with Crippen molar-refractivity contribution >= 4 is 22.6 Å². The molecule has 2 aromatic carbocycles. The van der Waals surface area contributed by atoms with Crippen LogP contribution in [0.2, 0.25) is 0 Å². The van der Waals surface area contributed by atoms with Gasteiger partial charge in [0.1, 0.15) is 5.41 Å². The van der Waals surface area contributed by atoms with Crippen molar-refractivity contribution in [2.45, 2.75) is 93.5 Å². The number of carbonyl (C=O) groups is 1. The zero-order chi connectivity index (χ0) is 35.6. The van der Waals surface area contributed by atoms with Crippen LogP contribution in [0.1, 0.15) is 62.4 Å². The molecule has 8 aliphatic heterocycles. The summed E-state index contributed by atoms with van der Waals surface area (Å²) in [6, 6.07) is 18.4. The zero-order valence-corrected chi connectivity index (χ0v) is 31.0. The number of esters is 1. The number of methoxy groups -OCH3 is 1. The normalized spacial score (nSPS) is 45.6. The highest BCUT2D eigenvalue weighted by Gasteiger charge is 2.83. The predicted octanol–water partition coefficient (Wildman–Crippen LogP) is 4.54. The van der Waals surface area contributed by atoms with E-state index in [-0.39, 0.29) is 42.0 Å². The van der Waals surface area contributed by atoms with Crippen molar-refractivity contribution in [3.8, 4) is 0 Å². The fourth-order valence-corrected chi connectivity index (χ4v) is 14.6. The molecule has 6 unspecified atom stereocenters. The number of ether oxygens (including phenoxy) is 2. The summed E-state index contributed by atoms with van der Waals surface area (Å²) in [7, 11) is 6.02. The molecule has 9 nitrogen and oxygen atoms in total. The summed E-state index contributed by atoms with van der Waals surface area (Å²) in [5.41, 5.74) is 6.32. The van der Waals surface area contributed by atoms with E-state index in [1.54, 1.807) is 0 Å². The SMILES string of the molecule is C/C=C1\CN2C3C[C@@H]1[C@@]1(C(=O)OC)[C@@H]2CC2(c4ccccc4N(CCC4[C@@H]5CC6c7c(c8ccccc8n7C)C[C@@H]([C@@H]5COC4(C)O)N6C)[C@H]32)[C@@H]1O. The lowest BCUT2D eigenvalue weighted by molar-refractivity contribution is -0.290. The third kappa shape index (κ3) is 3.53. The molecular formula is C43H52N4O5. The maximum Gasteiger partial charge on any atom is 0.316 e. The minimum Gasteiger partial charge on any atom is -0.468 e. The first-order valence-corrected chi connectivity index (χ1v) is 19.8. The van der Waals surface area contributed by atoms with Crippen LogP contribution < -0.4 is 4.90 Å². The largest absolute Gasteiger partial charge is 0.468 e. The molecular weight excluding hydrogens is 652 g/mol. The average Bonchev–Trinajstić information content (AvgIpc) is 3.68. The zero-order valence-electron chi connectivity index (χ0n) is 31.0. The second-order valence-corrected chi connectivity index (χ2v) is 17.9. The van der Waals surface area contributed by atoms with Crippen LogP contribution in [0.3, 0.4) is 0 Å². The van der Waals surface area contributed by atoms with Crippen LogP contribution in [0.4, 0.5) is 5.69 Å². The highest BCUT2D eigenvalue weighted by atomic mass is 16.6. The number of nitrogens with zero attached hydrogens (tertiary/aromatic N) is 4. The van der Waals surface area contributed by atoms with Crippen molar-refractivity contribution < 1.29 is 24.5 Å². The average molecular weight is 705 g/mol. The fraction of sp³-hybridized carbons (Fsp3) is 0.605. The molecule has 7 bridgehead atoms. The number of aromatic nitrogens is 1. The molecule has 0 radical (unpaired) electrons. The Morgan fingerprint density at radius 3 is 2.67 bits per heavy atom. The molecule has 6 saturated heterocycles. The Hall–Kier alpha value is -3.21. The van der Waals surface area contributed by atoms with Gasteiger partial charge in [-0.05, 0) is 82.2 Å². The smallest absolute Gasteiger partial charge is 0.316 e. The highest BCUT2D eigenvalue weighted by molar-refractivity contribution is 5.86. The molecule has 3 aromatic rings. The van der Waals surface area contributed by atoms with Crippen LogP contribution >= 0.6 is 0 Å². The lowest BCUT2D eigenvalue weighted by Gasteiger charge is -2.61. The lowest BCUT2D eigenvalue weighted by atomic mass is 9.58. The monoisotopic (exact) mass is 704 g/mol. The van der Waals surface area contributed by atoms with Gasteiger partial charge in [0.15, 0.2) is 5.79 Å². The van der Waals surface area contributed by atoms with Crippen LogP contribution in [0.5, 0.6) is 0 Å². The molecule has 1 aromatic heterocycles. The van der Waals surface area contributed by atoms with Crippen LogP contribution in [0.15, 0.2) is 60.2 Å². The minimum absolute atomic E-state index is 0.0233. The topological polar surface area (TPSA) is 90.6 Å². The second kappa shape index (κ2) is 10.5.